The number of thioether (sulfide) groups is 1. The summed E-state index contributed by atoms with van der Waals surface area (Å²) in [7, 11) is -3.75. The highest BCUT2D eigenvalue weighted by molar-refractivity contribution is 7.99. The minimum absolute atomic E-state index is 0.0187. The fraction of sp³-hybridized carbons (Fsp3) is 0.316. The fourth-order valence-corrected chi connectivity index (χ4v) is 5.47. The summed E-state index contributed by atoms with van der Waals surface area (Å²) < 4.78 is 39.9. The Labute approximate surface area is 173 Å². The SMILES string of the molecule is O=C(CSCc1cccc(Cl)c1)N1CCN(S(=O)(=O)c2cccc(F)c2)CC1. The molecule has 1 fully saturated rings. The summed E-state index contributed by atoms with van der Waals surface area (Å²) >= 11 is 7.45. The third-order valence-corrected chi connectivity index (χ3v) is 7.53. The molecule has 28 heavy (non-hydrogen) atoms. The van der Waals surface area contributed by atoms with Crippen molar-refractivity contribution >= 4 is 39.3 Å². The molecule has 1 aliphatic heterocycles. The molecule has 0 radical (unpaired) electrons. The molecule has 0 bridgehead atoms. The van der Waals surface area contributed by atoms with Crippen LogP contribution in [0.3, 0.4) is 0 Å². The summed E-state index contributed by atoms with van der Waals surface area (Å²) in [6.07, 6.45) is 0. The molecule has 1 heterocycles. The van der Waals surface area contributed by atoms with Gasteiger partial charge in [0, 0.05) is 37.0 Å². The van der Waals surface area contributed by atoms with E-state index in [2.05, 4.69) is 0 Å². The molecule has 0 unspecified atom stereocenters. The predicted molar refractivity (Wildman–Crippen MR) is 109 cm³/mol. The number of sulfonamides is 1. The van der Waals surface area contributed by atoms with Crippen LogP contribution in [0, 0.1) is 5.82 Å². The molecule has 0 atom stereocenters. The lowest BCUT2D eigenvalue weighted by atomic mass is 10.2. The molecule has 9 heteroatoms. The highest BCUT2D eigenvalue weighted by Gasteiger charge is 2.30. The van der Waals surface area contributed by atoms with Gasteiger partial charge >= 0.3 is 0 Å². The zero-order valence-corrected chi connectivity index (χ0v) is 17.4. The lowest BCUT2D eigenvalue weighted by Gasteiger charge is -2.34. The average Bonchev–Trinajstić information content (AvgIpc) is 2.68. The van der Waals surface area contributed by atoms with E-state index < -0.39 is 15.8 Å². The summed E-state index contributed by atoms with van der Waals surface area (Å²) in [6, 6.07) is 12.5. The van der Waals surface area contributed by atoms with E-state index in [4.69, 9.17) is 11.6 Å². The van der Waals surface area contributed by atoms with Gasteiger partial charge in [-0.1, -0.05) is 29.8 Å². The molecular formula is C19H20ClFN2O3S2. The van der Waals surface area contributed by atoms with Gasteiger partial charge in [0.1, 0.15) is 5.82 Å². The first-order valence-corrected chi connectivity index (χ1v) is 11.7. The molecule has 3 rings (SSSR count). The zero-order chi connectivity index (χ0) is 20.1. The van der Waals surface area contributed by atoms with Gasteiger partial charge < -0.3 is 4.90 Å². The minimum Gasteiger partial charge on any atom is -0.339 e. The molecule has 1 aliphatic rings. The van der Waals surface area contributed by atoms with Gasteiger partial charge in [0.05, 0.1) is 10.6 Å². The Morgan fingerprint density at radius 2 is 1.79 bits per heavy atom. The maximum atomic E-state index is 13.4. The first kappa shape index (κ1) is 21.1. The topological polar surface area (TPSA) is 57.7 Å². The Hall–Kier alpha value is -1.61. The van der Waals surface area contributed by atoms with Crippen LogP contribution < -0.4 is 0 Å². The van der Waals surface area contributed by atoms with Crippen LogP contribution in [0.25, 0.3) is 0 Å². The molecule has 5 nitrogen and oxygen atoms in total. The first-order valence-electron chi connectivity index (χ1n) is 8.72. The second-order valence-electron chi connectivity index (χ2n) is 6.36. The number of hydrogen-bond donors (Lipinski definition) is 0. The summed E-state index contributed by atoms with van der Waals surface area (Å²) in [6.45, 7) is 1.04. The summed E-state index contributed by atoms with van der Waals surface area (Å²) in [5.74, 6) is 0.394. The number of rotatable bonds is 6. The number of carbonyl (C=O) groups is 1. The summed E-state index contributed by atoms with van der Waals surface area (Å²) in [5, 5.41) is 0.667. The lowest BCUT2D eigenvalue weighted by Crippen LogP contribution is -2.51. The minimum atomic E-state index is -3.75. The van der Waals surface area contributed by atoms with E-state index in [-0.39, 0.29) is 23.9 Å². The van der Waals surface area contributed by atoms with Gasteiger partial charge in [-0.3, -0.25) is 4.79 Å². The zero-order valence-electron chi connectivity index (χ0n) is 15.1. The van der Waals surface area contributed by atoms with Crippen molar-refractivity contribution in [2.45, 2.75) is 10.6 Å². The summed E-state index contributed by atoms with van der Waals surface area (Å²) in [5.41, 5.74) is 1.05. The van der Waals surface area contributed by atoms with Gasteiger partial charge in [-0.2, -0.15) is 4.31 Å². The molecule has 1 saturated heterocycles. The molecule has 2 aromatic carbocycles. The maximum absolute atomic E-state index is 13.4. The fourth-order valence-electron chi connectivity index (χ4n) is 2.93. The Bertz CT molecular complexity index is 948. The van der Waals surface area contributed by atoms with E-state index in [1.165, 1.54) is 34.3 Å². The van der Waals surface area contributed by atoms with Gasteiger partial charge in [0.25, 0.3) is 0 Å². The predicted octanol–water partition coefficient (Wildman–Crippen LogP) is 3.25. The molecule has 0 N–H and O–H groups in total. The van der Waals surface area contributed by atoms with Crippen molar-refractivity contribution < 1.29 is 17.6 Å². The van der Waals surface area contributed by atoms with Crippen molar-refractivity contribution in [1.82, 2.24) is 9.21 Å². The highest BCUT2D eigenvalue weighted by atomic mass is 35.5. The van der Waals surface area contributed by atoms with Crippen LogP contribution in [0.4, 0.5) is 4.39 Å². The van der Waals surface area contributed by atoms with Crippen LogP contribution in [-0.4, -0.2) is 55.5 Å². The highest BCUT2D eigenvalue weighted by Crippen LogP contribution is 2.20. The molecule has 0 aromatic heterocycles. The number of carbonyl (C=O) groups excluding carboxylic acids is 1. The Kier molecular flexibility index (Phi) is 6.98. The third kappa shape index (κ3) is 5.26. The van der Waals surface area contributed by atoms with Gasteiger partial charge in [-0.05, 0) is 35.9 Å². The van der Waals surface area contributed by atoms with Crippen molar-refractivity contribution in [2.24, 2.45) is 0 Å². The van der Waals surface area contributed by atoms with Gasteiger partial charge in [-0.15, -0.1) is 11.8 Å². The molecule has 0 aliphatic carbocycles. The van der Waals surface area contributed by atoms with Crippen molar-refractivity contribution in [3.63, 3.8) is 0 Å². The second-order valence-corrected chi connectivity index (χ2v) is 9.72. The largest absolute Gasteiger partial charge is 0.339 e. The van der Waals surface area contributed by atoms with E-state index in [1.807, 2.05) is 18.2 Å². The van der Waals surface area contributed by atoms with E-state index in [0.29, 0.717) is 29.6 Å². The number of amides is 1. The van der Waals surface area contributed by atoms with Crippen molar-refractivity contribution in [2.75, 3.05) is 31.9 Å². The van der Waals surface area contributed by atoms with Crippen LogP contribution in [0.2, 0.25) is 5.02 Å². The van der Waals surface area contributed by atoms with E-state index in [9.17, 15) is 17.6 Å². The molecular weight excluding hydrogens is 423 g/mol. The normalized spacial score (nSPS) is 15.6. The Morgan fingerprint density at radius 3 is 2.46 bits per heavy atom. The molecule has 2 aromatic rings. The van der Waals surface area contributed by atoms with Crippen LogP contribution in [0.1, 0.15) is 5.56 Å². The van der Waals surface area contributed by atoms with Crippen molar-refractivity contribution in [3.05, 3.63) is 64.9 Å². The average molecular weight is 443 g/mol. The van der Waals surface area contributed by atoms with Gasteiger partial charge in [-0.25, -0.2) is 12.8 Å². The molecule has 0 spiro atoms. The van der Waals surface area contributed by atoms with Crippen molar-refractivity contribution in [3.8, 4) is 0 Å². The lowest BCUT2D eigenvalue weighted by molar-refractivity contribution is -0.129. The Balaban J connectivity index is 1.50. The van der Waals surface area contributed by atoms with E-state index in [0.717, 1.165) is 11.6 Å². The van der Waals surface area contributed by atoms with Gasteiger partial charge in [0.15, 0.2) is 0 Å². The van der Waals surface area contributed by atoms with Crippen LogP contribution in [-0.2, 0) is 20.6 Å². The van der Waals surface area contributed by atoms with Crippen LogP contribution in [0.5, 0.6) is 0 Å². The van der Waals surface area contributed by atoms with E-state index >= 15 is 0 Å². The maximum Gasteiger partial charge on any atom is 0.243 e. The van der Waals surface area contributed by atoms with Crippen LogP contribution >= 0.6 is 23.4 Å². The van der Waals surface area contributed by atoms with Crippen molar-refractivity contribution in [1.29, 1.82) is 0 Å². The number of hydrogen-bond acceptors (Lipinski definition) is 4. The number of halogens is 2. The number of piperazine rings is 1. The quantitative estimate of drug-likeness (QED) is 0.689. The van der Waals surface area contributed by atoms with Gasteiger partial charge in [0.2, 0.25) is 15.9 Å². The van der Waals surface area contributed by atoms with Crippen LogP contribution in [0.15, 0.2) is 53.4 Å². The molecule has 1 amide bonds. The first-order chi connectivity index (χ1) is 13.4. The van der Waals surface area contributed by atoms with E-state index in [1.54, 1.807) is 11.0 Å². The molecule has 150 valence electrons. The summed E-state index contributed by atoms with van der Waals surface area (Å²) in [4.78, 5) is 14.0. The second kappa shape index (κ2) is 9.26. The molecule has 0 saturated carbocycles. The standard InChI is InChI=1S/C19H20ClFN2O3S2/c20-16-4-1-3-15(11-16)13-27-14-19(24)22-7-9-23(10-8-22)28(25,26)18-6-2-5-17(21)12-18/h1-6,11-12H,7-10,13-14H2. The third-order valence-electron chi connectivity index (χ3n) is 4.41. The number of nitrogens with zero attached hydrogens (tertiary/aromatic N) is 2. The smallest absolute Gasteiger partial charge is 0.243 e. The Morgan fingerprint density at radius 1 is 1.07 bits per heavy atom. The number of benzene rings is 2. The monoisotopic (exact) mass is 442 g/mol.